The van der Waals surface area contributed by atoms with Crippen molar-refractivity contribution in [3.63, 3.8) is 0 Å². The van der Waals surface area contributed by atoms with Crippen LogP contribution in [0.5, 0.6) is 0 Å². The summed E-state index contributed by atoms with van der Waals surface area (Å²) in [4.78, 5) is 25.5. The zero-order valence-electron chi connectivity index (χ0n) is 10.0. The minimum absolute atomic E-state index is 0.148. The van der Waals surface area contributed by atoms with Gasteiger partial charge in [-0.25, -0.2) is 4.79 Å². The molecular weight excluding hydrogens is 254 g/mol. The quantitative estimate of drug-likeness (QED) is 0.758. The highest BCUT2D eigenvalue weighted by molar-refractivity contribution is 7.12. The number of likely N-dealkylation sites (tertiary alicyclic amines) is 1. The van der Waals surface area contributed by atoms with E-state index in [1.165, 1.54) is 18.4 Å². The van der Waals surface area contributed by atoms with Gasteiger partial charge in [0, 0.05) is 19.1 Å². The van der Waals surface area contributed by atoms with Gasteiger partial charge in [0.25, 0.3) is 0 Å². The Morgan fingerprint density at radius 3 is 2.94 bits per heavy atom. The predicted molar refractivity (Wildman–Crippen MR) is 68.7 cm³/mol. The molecule has 18 heavy (non-hydrogen) atoms. The molecule has 1 aromatic rings. The SMILES string of the molecule is COC(=O)c1sccc1NC(=O)CN1CC(N)C1. The third-order valence-corrected chi connectivity index (χ3v) is 3.56. The van der Waals surface area contributed by atoms with Crippen molar-refractivity contribution in [3.8, 4) is 0 Å². The molecule has 1 aliphatic rings. The summed E-state index contributed by atoms with van der Waals surface area (Å²) in [5.74, 6) is -0.586. The monoisotopic (exact) mass is 269 g/mol. The molecule has 0 radical (unpaired) electrons. The van der Waals surface area contributed by atoms with E-state index < -0.39 is 5.97 Å². The first-order valence-corrected chi connectivity index (χ1v) is 6.41. The average Bonchev–Trinajstić information content (AvgIpc) is 2.74. The number of anilines is 1. The van der Waals surface area contributed by atoms with E-state index in [1.807, 2.05) is 4.90 Å². The van der Waals surface area contributed by atoms with Gasteiger partial charge in [0.2, 0.25) is 5.91 Å². The molecule has 98 valence electrons. The van der Waals surface area contributed by atoms with Gasteiger partial charge >= 0.3 is 5.97 Å². The standard InChI is InChI=1S/C11H15N3O3S/c1-17-11(16)10-8(2-3-18-10)13-9(15)6-14-4-7(12)5-14/h2-3,7H,4-6,12H2,1H3,(H,13,15). The number of ether oxygens (including phenoxy) is 1. The lowest BCUT2D eigenvalue weighted by Gasteiger charge is -2.36. The van der Waals surface area contributed by atoms with Crippen molar-refractivity contribution in [1.29, 1.82) is 0 Å². The van der Waals surface area contributed by atoms with Crippen LogP contribution in [0, 0.1) is 0 Å². The number of amides is 1. The number of nitrogens with zero attached hydrogens (tertiary/aromatic N) is 1. The Hall–Kier alpha value is -1.44. The lowest BCUT2D eigenvalue weighted by molar-refractivity contribution is -0.118. The summed E-state index contributed by atoms with van der Waals surface area (Å²) in [5, 5.41) is 4.45. The number of hydrogen-bond donors (Lipinski definition) is 2. The van der Waals surface area contributed by atoms with Gasteiger partial charge in [-0.1, -0.05) is 0 Å². The summed E-state index contributed by atoms with van der Waals surface area (Å²) < 4.78 is 4.64. The molecule has 0 bridgehead atoms. The molecule has 1 amide bonds. The molecule has 0 saturated carbocycles. The number of nitrogens with one attached hydrogen (secondary N) is 1. The topological polar surface area (TPSA) is 84.7 Å². The Kier molecular flexibility index (Phi) is 3.95. The van der Waals surface area contributed by atoms with Crippen LogP contribution in [0.15, 0.2) is 11.4 Å². The van der Waals surface area contributed by atoms with Gasteiger partial charge in [0.05, 0.1) is 19.3 Å². The van der Waals surface area contributed by atoms with Gasteiger partial charge in [-0.15, -0.1) is 11.3 Å². The maximum absolute atomic E-state index is 11.7. The van der Waals surface area contributed by atoms with Crippen LogP contribution in [0.4, 0.5) is 5.69 Å². The van der Waals surface area contributed by atoms with Crippen LogP contribution in [0.1, 0.15) is 9.67 Å². The lowest BCUT2D eigenvalue weighted by Crippen LogP contribution is -2.57. The second kappa shape index (κ2) is 5.47. The van der Waals surface area contributed by atoms with Crippen LogP contribution >= 0.6 is 11.3 Å². The number of carbonyl (C=O) groups is 2. The summed E-state index contributed by atoms with van der Waals surface area (Å²) in [6, 6.07) is 1.86. The van der Waals surface area contributed by atoms with Gasteiger partial charge in [0.1, 0.15) is 4.88 Å². The van der Waals surface area contributed by atoms with E-state index in [0.29, 0.717) is 17.1 Å². The van der Waals surface area contributed by atoms with E-state index in [0.717, 1.165) is 13.1 Å². The largest absolute Gasteiger partial charge is 0.465 e. The van der Waals surface area contributed by atoms with Crippen molar-refractivity contribution in [2.45, 2.75) is 6.04 Å². The summed E-state index contributed by atoms with van der Waals surface area (Å²) in [6.45, 7) is 1.77. The fourth-order valence-corrected chi connectivity index (χ4v) is 2.56. The smallest absolute Gasteiger partial charge is 0.350 e. The zero-order chi connectivity index (χ0) is 13.1. The maximum atomic E-state index is 11.7. The molecule has 0 atom stereocenters. The number of esters is 1. The second-order valence-corrected chi connectivity index (χ2v) is 5.07. The molecule has 2 heterocycles. The first kappa shape index (κ1) is 13.0. The Morgan fingerprint density at radius 1 is 1.61 bits per heavy atom. The molecule has 7 heteroatoms. The Bertz CT molecular complexity index is 454. The number of methoxy groups -OCH3 is 1. The highest BCUT2D eigenvalue weighted by Gasteiger charge is 2.25. The van der Waals surface area contributed by atoms with Crippen LogP contribution < -0.4 is 11.1 Å². The fourth-order valence-electron chi connectivity index (χ4n) is 1.79. The van der Waals surface area contributed by atoms with E-state index >= 15 is 0 Å². The van der Waals surface area contributed by atoms with Gasteiger partial charge in [0.15, 0.2) is 0 Å². The maximum Gasteiger partial charge on any atom is 0.350 e. The summed E-state index contributed by atoms with van der Waals surface area (Å²) in [5.41, 5.74) is 6.13. The predicted octanol–water partition coefficient (Wildman–Crippen LogP) is 0.116. The third-order valence-electron chi connectivity index (χ3n) is 2.66. The molecule has 2 rings (SSSR count). The third kappa shape index (κ3) is 2.87. The Balaban J connectivity index is 1.91. The molecule has 1 aromatic heterocycles. The average molecular weight is 269 g/mol. The first-order valence-electron chi connectivity index (χ1n) is 5.53. The van der Waals surface area contributed by atoms with Crippen molar-refractivity contribution in [3.05, 3.63) is 16.3 Å². The van der Waals surface area contributed by atoms with Crippen molar-refractivity contribution in [1.82, 2.24) is 4.90 Å². The highest BCUT2D eigenvalue weighted by Crippen LogP contribution is 2.23. The van der Waals surface area contributed by atoms with Crippen LogP contribution in [-0.4, -0.2) is 49.6 Å². The number of hydrogen-bond acceptors (Lipinski definition) is 6. The molecule has 0 aromatic carbocycles. The molecule has 0 unspecified atom stereocenters. The van der Waals surface area contributed by atoms with Crippen LogP contribution in [0.2, 0.25) is 0 Å². The summed E-state index contributed by atoms with van der Waals surface area (Å²) in [6.07, 6.45) is 0. The van der Waals surface area contributed by atoms with Gasteiger partial charge in [-0.3, -0.25) is 9.69 Å². The molecule has 1 aliphatic heterocycles. The van der Waals surface area contributed by atoms with Crippen LogP contribution in [0.3, 0.4) is 0 Å². The summed E-state index contributed by atoms with van der Waals surface area (Å²) in [7, 11) is 1.31. The van der Waals surface area contributed by atoms with E-state index in [9.17, 15) is 9.59 Å². The molecule has 0 aliphatic carbocycles. The minimum atomic E-state index is -0.439. The molecule has 3 N–H and O–H groups in total. The normalized spacial score (nSPS) is 16.1. The minimum Gasteiger partial charge on any atom is -0.465 e. The zero-order valence-corrected chi connectivity index (χ0v) is 10.8. The van der Waals surface area contributed by atoms with Crippen LogP contribution in [-0.2, 0) is 9.53 Å². The number of carbonyl (C=O) groups excluding carboxylic acids is 2. The molecular formula is C11H15N3O3S. The molecule has 1 fully saturated rings. The highest BCUT2D eigenvalue weighted by atomic mass is 32.1. The first-order chi connectivity index (χ1) is 8.60. The molecule has 1 saturated heterocycles. The molecule has 0 spiro atoms. The van der Waals surface area contributed by atoms with Crippen LogP contribution in [0.25, 0.3) is 0 Å². The Labute approximate surface area is 109 Å². The van der Waals surface area contributed by atoms with Crippen molar-refractivity contribution < 1.29 is 14.3 Å². The van der Waals surface area contributed by atoms with E-state index in [1.54, 1.807) is 11.4 Å². The second-order valence-electron chi connectivity index (χ2n) is 4.16. The lowest BCUT2D eigenvalue weighted by atomic mass is 10.1. The number of thiophene rings is 1. The van der Waals surface area contributed by atoms with Gasteiger partial charge in [-0.2, -0.15) is 0 Å². The van der Waals surface area contributed by atoms with Crippen molar-refractivity contribution >= 4 is 28.9 Å². The van der Waals surface area contributed by atoms with E-state index in [-0.39, 0.29) is 11.9 Å². The summed E-state index contributed by atoms with van der Waals surface area (Å²) >= 11 is 1.24. The number of rotatable bonds is 4. The van der Waals surface area contributed by atoms with Gasteiger partial charge < -0.3 is 15.8 Å². The van der Waals surface area contributed by atoms with Crippen molar-refractivity contribution in [2.75, 3.05) is 32.1 Å². The van der Waals surface area contributed by atoms with Crippen molar-refractivity contribution in [2.24, 2.45) is 5.73 Å². The van der Waals surface area contributed by atoms with Gasteiger partial charge in [-0.05, 0) is 11.4 Å². The number of nitrogens with two attached hydrogens (primary N) is 1. The fraction of sp³-hybridized carbons (Fsp3) is 0.455. The molecule has 6 nitrogen and oxygen atoms in total. The van der Waals surface area contributed by atoms with E-state index in [4.69, 9.17) is 5.73 Å². The van der Waals surface area contributed by atoms with E-state index in [2.05, 4.69) is 10.1 Å². The Morgan fingerprint density at radius 2 is 2.33 bits per heavy atom.